The zero-order valence-electron chi connectivity index (χ0n) is 8.56. The number of nitrogens with one attached hydrogen (secondary N) is 2. The molecule has 0 saturated carbocycles. The number of hydrogen-bond acceptors (Lipinski definition) is 5. The number of amides is 1. The Kier molecular flexibility index (Phi) is 2.86. The van der Waals surface area contributed by atoms with Gasteiger partial charge in [-0.2, -0.15) is 0 Å². The quantitative estimate of drug-likeness (QED) is 0.795. The van der Waals surface area contributed by atoms with Gasteiger partial charge >= 0.3 is 0 Å². The number of hydrogen-bond donors (Lipinski definition) is 2. The van der Waals surface area contributed by atoms with E-state index >= 15 is 0 Å². The third kappa shape index (κ3) is 2.59. The topological polar surface area (TPSA) is 93.0 Å². The molecule has 0 spiro atoms. The average Bonchev–Trinajstić information content (AvgIpc) is 2.87. The van der Waals surface area contributed by atoms with Crippen LogP contribution in [0.25, 0.3) is 0 Å². The number of ether oxygens (including phenoxy) is 1. The van der Waals surface area contributed by atoms with Gasteiger partial charge in [0.05, 0.1) is 0 Å². The molecule has 0 fully saturated rings. The molecule has 84 valence electrons. The number of carbonyl (C=O) groups excluding carboxylic acids is 1. The summed E-state index contributed by atoms with van der Waals surface area (Å²) in [7, 11) is 0. The third-order valence-electron chi connectivity index (χ3n) is 1.71. The maximum atomic E-state index is 11.3. The van der Waals surface area contributed by atoms with E-state index in [4.69, 9.17) is 9.26 Å². The van der Waals surface area contributed by atoms with Crippen molar-refractivity contribution in [3.8, 4) is 5.88 Å². The van der Waals surface area contributed by atoms with E-state index in [-0.39, 0.29) is 18.4 Å². The Labute approximate surface area is 90.8 Å². The number of aryl methyl sites for hydroxylation is 1. The molecule has 0 saturated heterocycles. The summed E-state index contributed by atoms with van der Waals surface area (Å²) in [5, 5.41) is 6.09. The fourth-order valence-corrected chi connectivity index (χ4v) is 1.05. The molecule has 7 heteroatoms. The van der Waals surface area contributed by atoms with Crippen molar-refractivity contribution < 1.29 is 14.1 Å². The van der Waals surface area contributed by atoms with E-state index in [0.29, 0.717) is 11.7 Å². The van der Waals surface area contributed by atoms with E-state index < -0.39 is 0 Å². The van der Waals surface area contributed by atoms with Crippen LogP contribution in [0.2, 0.25) is 0 Å². The van der Waals surface area contributed by atoms with Gasteiger partial charge in [-0.3, -0.25) is 10.1 Å². The molecule has 7 nitrogen and oxygen atoms in total. The van der Waals surface area contributed by atoms with Crippen LogP contribution < -0.4 is 10.1 Å². The Morgan fingerprint density at radius 3 is 3.19 bits per heavy atom. The molecule has 2 rings (SSSR count). The van der Waals surface area contributed by atoms with Crippen molar-refractivity contribution in [1.82, 2.24) is 15.1 Å². The Morgan fingerprint density at radius 2 is 2.56 bits per heavy atom. The normalized spacial score (nSPS) is 10.1. The van der Waals surface area contributed by atoms with Crippen LogP contribution in [0, 0.1) is 6.92 Å². The van der Waals surface area contributed by atoms with Crippen LogP contribution in [-0.4, -0.2) is 27.6 Å². The van der Waals surface area contributed by atoms with Crippen molar-refractivity contribution in [2.75, 3.05) is 11.9 Å². The van der Waals surface area contributed by atoms with Gasteiger partial charge in [-0.25, -0.2) is 4.98 Å². The highest BCUT2D eigenvalue weighted by molar-refractivity contribution is 5.90. The molecule has 2 aromatic rings. The molecule has 0 radical (unpaired) electrons. The number of aromatic amines is 1. The molecule has 0 aliphatic carbocycles. The third-order valence-corrected chi connectivity index (χ3v) is 1.71. The first kappa shape index (κ1) is 10.2. The second kappa shape index (κ2) is 4.47. The van der Waals surface area contributed by atoms with Crippen molar-refractivity contribution >= 4 is 11.9 Å². The second-order valence-electron chi connectivity index (χ2n) is 3.05. The van der Waals surface area contributed by atoms with Crippen LogP contribution in [0.4, 0.5) is 5.95 Å². The van der Waals surface area contributed by atoms with E-state index in [2.05, 4.69) is 20.4 Å². The van der Waals surface area contributed by atoms with Crippen LogP contribution in [0.15, 0.2) is 23.0 Å². The molecule has 0 atom stereocenters. The molecule has 0 aromatic carbocycles. The van der Waals surface area contributed by atoms with E-state index in [9.17, 15) is 4.79 Å². The molecule has 2 N–H and O–H groups in total. The maximum absolute atomic E-state index is 11.3. The zero-order valence-corrected chi connectivity index (χ0v) is 8.56. The number of carbonyl (C=O) groups is 1. The van der Waals surface area contributed by atoms with Gasteiger partial charge in [-0.15, -0.1) is 0 Å². The van der Waals surface area contributed by atoms with Gasteiger partial charge < -0.3 is 14.2 Å². The van der Waals surface area contributed by atoms with Crippen LogP contribution >= 0.6 is 0 Å². The van der Waals surface area contributed by atoms with Crippen molar-refractivity contribution in [2.24, 2.45) is 0 Å². The summed E-state index contributed by atoms with van der Waals surface area (Å²) in [6.45, 7) is 1.59. The molecule has 1 amide bonds. The minimum Gasteiger partial charge on any atom is -0.465 e. The van der Waals surface area contributed by atoms with Gasteiger partial charge in [0.15, 0.2) is 6.61 Å². The monoisotopic (exact) mass is 222 g/mol. The van der Waals surface area contributed by atoms with Gasteiger partial charge in [0, 0.05) is 18.5 Å². The summed E-state index contributed by atoms with van der Waals surface area (Å²) in [5.74, 6) is 0.967. The van der Waals surface area contributed by atoms with Crippen molar-refractivity contribution in [1.29, 1.82) is 0 Å². The van der Waals surface area contributed by atoms with Gasteiger partial charge in [0.25, 0.3) is 11.8 Å². The highest BCUT2D eigenvalue weighted by Gasteiger charge is 2.07. The van der Waals surface area contributed by atoms with E-state index in [1.807, 2.05) is 0 Å². The Morgan fingerprint density at radius 1 is 1.69 bits per heavy atom. The smallest absolute Gasteiger partial charge is 0.264 e. The van der Waals surface area contributed by atoms with Crippen LogP contribution in [0.1, 0.15) is 5.76 Å². The average molecular weight is 222 g/mol. The van der Waals surface area contributed by atoms with Crippen LogP contribution in [0.5, 0.6) is 5.88 Å². The van der Waals surface area contributed by atoms with Crippen molar-refractivity contribution in [2.45, 2.75) is 6.92 Å². The molecule has 0 aliphatic rings. The number of aromatic nitrogens is 3. The molecule has 2 aromatic heterocycles. The highest BCUT2D eigenvalue weighted by Crippen LogP contribution is 2.09. The molecule has 2 heterocycles. The van der Waals surface area contributed by atoms with E-state index in [1.165, 1.54) is 6.20 Å². The summed E-state index contributed by atoms with van der Waals surface area (Å²) in [6.07, 6.45) is 3.15. The number of rotatable bonds is 4. The minimum absolute atomic E-state index is 0.146. The van der Waals surface area contributed by atoms with Gasteiger partial charge in [-0.1, -0.05) is 0 Å². The maximum Gasteiger partial charge on any atom is 0.264 e. The summed E-state index contributed by atoms with van der Waals surface area (Å²) in [5.41, 5.74) is 0. The van der Waals surface area contributed by atoms with Crippen molar-refractivity contribution in [3.05, 3.63) is 24.2 Å². The minimum atomic E-state index is -0.324. The Bertz CT molecular complexity index is 463. The summed E-state index contributed by atoms with van der Waals surface area (Å²) >= 11 is 0. The first-order chi connectivity index (χ1) is 7.74. The predicted octanol–water partition coefficient (Wildman–Crippen LogP) is 0.724. The molecule has 0 aliphatic heterocycles. The fourth-order valence-electron chi connectivity index (χ4n) is 1.05. The molecular weight excluding hydrogens is 212 g/mol. The SMILES string of the molecule is Cc1cc(OCC(=O)Nc2ncc[nH]2)no1. The summed E-state index contributed by atoms with van der Waals surface area (Å²) in [6, 6.07) is 1.60. The first-order valence-electron chi connectivity index (χ1n) is 4.59. The number of anilines is 1. The van der Waals surface area contributed by atoms with Gasteiger partial charge in [-0.05, 0) is 12.1 Å². The lowest BCUT2D eigenvalue weighted by Gasteiger charge is -2.01. The van der Waals surface area contributed by atoms with E-state index in [1.54, 1.807) is 19.2 Å². The lowest BCUT2D eigenvalue weighted by atomic mass is 10.5. The highest BCUT2D eigenvalue weighted by atomic mass is 16.5. The van der Waals surface area contributed by atoms with E-state index in [0.717, 1.165) is 0 Å². The van der Waals surface area contributed by atoms with Gasteiger partial charge in [0.2, 0.25) is 5.95 Å². The number of nitrogens with zero attached hydrogens (tertiary/aromatic N) is 2. The molecule has 16 heavy (non-hydrogen) atoms. The standard InChI is InChI=1S/C9H10N4O3/c1-6-4-8(13-16-6)15-5-7(14)12-9-10-2-3-11-9/h2-4H,5H2,1H3,(H2,10,11,12,14). The first-order valence-corrected chi connectivity index (χ1v) is 4.59. The summed E-state index contributed by atoms with van der Waals surface area (Å²) < 4.78 is 9.86. The van der Waals surface area contributed by atoms with Crippen LogP contribution in [-0.2, 0) is 4.79 Å². The number of H-pyrrole nitrogens is 1. The largest absolute Gasteiger partial charge is 0.465 e. The van der Waals surface area contributed by atoms with Gasteiger partial charge in [0.1, 0.15) is 5.76 Å². The molecule has 0 unspecified atom stereocenters. The predicted molar refractivity (Wildman–Crippen MR) is 54.0 cm³/mol. The Hall–Kier alpha value is -2.31. The lowest BCUT2D eigenvalue weighted by molar-refractivity contribution is -0.118. The second-order valence-corrected chi connectivity index (χ2v) is 3.05. The Balaban J connectivity index is 1.80. The fraction of sp³-hybridized carbons (Fsp3) is 0.222. The zero-order chi connectivity index (χ0) is 11.4. The molecular formula is C9H10N4O3. The number of imidazole rings is 1. The summed E-state index contributed by atoms with van der Waals surface area (Å²) in [4.78, 5) is 17.9. The molecule has 0 bridgehead atoms. The van der Waals surface area contributed by atoms with Crippen LogP contribution in [0.3, 0.4) is 0 Å². The van der Waals surface area contributed by atoms with Crippen molar-refractivity contribution in [3.63, 3.8) is 0 Å². The lowest BCUT2D eigenvalue weighted by Crippen LogP contribution is -2.20.